The second-order valence-electron chi connectivity index (χ2n) is 5.21. The fourth-order valence-electron chi connectivity index (χ4n) is 3.04. The van der Waals surface area contributed by atoms with Gasteiger partial charge in [0.25, 0.3) is 0 Å². The van der Waals surface area contributed by atoms with Gasteiger partial charge in [0.1, 0.15) is 0 Å². The molecule has 0 saturated heterocycles. The Labute approximate surface area is 130 Å². The fourth-order valence-corrected chi connectivity index (χ4v) is 4.60. The minimum absolute atomic E-state index is 0.222. The highest BCUT2D eigenvalue weighted by molar-refractivity contribution is 9.10. The van der Waals surface area contributed by atoms with Crippen molar-refractivity contribution in [3.8, 4) is 0 Å². The topological polar surface area (TPSA) is 15.3 Å². The molecule has 1 unspecified atom stereocenters. The Morgan fingerprint density at radius 2 is 1.95 bits per heavy atom. The van der Waals surface area contributed by atoms with Gasteiger partial charge in [-0.3, -0.25) is 0 Å². The van der Waals surface area contributed by atoms with Crippen LogP contribution in [-0.2, 0) is 6.42 Å². The van der Waals surface area contributed by atoms with E-state index in [-0.39, 0.29) is 5.54 Å². The van der Waals surface area contributed by atoms with Gasteiger partial charge in [-0.1, -0.05) is 20.8 Å². The number of thiophene rings is 1. The molecule has 1 aromatic heterocycles. The molecule has 4 heteroatoms. The second kappa shape index (κ2) is 7.77. The lowest BCUT2D eigenvalue weighted by Crippen LogP contribution is -2.59. The van der Waals surface area contributed by atoms with Crippen molar-refractivity contribution in [1.29, 1.82) is 0 Å². The fraction of sp³-hybridized carbons (Fsp3) is 0.733. The van der Waals surface area contributed by atoms with Gasteiger partial charge in [0, 0.05) is 27.4 Å². The molecule has 0 aromatic carbocycles. The predicted octanol–water partition coefficient (Wildman–Crippen LogP) is 4.15. The molecule has 0 aliphatic rings. The summed E-state index contributed by atoms with van der Waals surface area (Å²) in [7, 11) is 4.42. The predicted molar refractivity (Wildman–Crippen MR) is 90.2 cm³/mol. The van der Waals surface area contributed by atoms with Crippen LogP contribution in [0.4, 0.5) is 0 Å². The summed E-state index contributed by atoms with van der Waals surface area (Å²) in [6, 6.07) is 2.63. The van der Waals surface area contributed by atoms with Crippen molar-refractivity contribution < 1.29 is 0 Å². The molecule has 1 heterocycles. The summed E-state index contributed by atoms with van der Waals surface area (Å²) < 4.78 is 1.25. The lowest BCUT2D eigenvalue weighted by Gasteiger charge is -2.45. The van der Waals surface area contributed by atoms with E-state index in [0.717, 1.165) is 25.8 Å². The molecule has 0 fully saturated rings. The van der Waals surface area contributed by atoms with Gasteiger partial charge in [-0.15, -0.1) is 11.3 Å². The van der Waals surface area contributed by atoms with E-state index >= 15 is 0 Å². The maximum atomic E-state index is 3.72. The minimum atomic E-state index is 0.222. The van der Waals surface area contributed by atoms with Crippen molar-refractivity contribution in [2.45, 2.75) is 51.6 Å². The van der Waals surface area contributed by atoms with Crippen molar-refractivity contribution in [2.24, 2.45) is 0 Å². The van der Waals surface area contributed by atoms with E-state index in [9.17, 15) is 0 Å². The Bertz CT molecular complexity index is 372. The minimum Gasteiger partial charge on any atom is -0.312 e. The van der Waals surface area contributed by atoms with E-state index in [1.807, 2.05) is 11.3 Å². The number of nitrogens with zero attached hydrogens (tertiary/aromatic N) is 1. The highest BCUT2D eigenvalue weighted by Gasteiger charge is 2.37. The molecule has 0 aliphatic heterocycles. The van der Waals surface area contributed by atoms with Gasteiger partial charge in [0.05, 0.1) is 0 Å². The largest absolute Gasteiger partial charge is 0.312 e. The molecule has 2 nitrogen and oxygen atoms in total. The summed E-state index contributed by atoms with van der Waals surface area (Å²) in [5.74, 6) is 0. The first kappa shape index (κ1) is 17.2. The zero-order valence-electron chi connectivity index (χ0n) is 12.8. The lowest BCUT2D eigenvalue weighted by molar-refractivity contribution is 0.0892. The zero-order valence-corrected chi connectivity index (χ0v) is 15.2. The van der Waals surface area contributed by atoms with Crippen LogP contribution in [0.5, 0.6) is 0 Å². The molecule has 1 aromatic rings. The molecule has 19 heavy (non-hydrogen) atoms. The summed E-state index contributed by atoms with van der Waals surface area (Å²) in [6.07, 6.45) is 3.42. The van der Waals surface area contributed by atoms with E-state index in [2.05, 4.69) is 72.5 Å². The normalized spacial score (nSPS) is 14.1. The van der Waals surface area contributed by atoms with Crippen LogP contribution < -0.4 is 5.32 Å². The van der Waals surface area contributed by atoms with Crippen LogP contribution >= 0.6 is 27.3 Å². The highest BCUT2D eigenvalue weighted by atomic mass is 79.9. The van der Waals surface area contributed by atoms with Crippen molar-refractivity contribution in [3.05, 3.63) is 20.8 Å². The summed E-state index contributed by atoms with van der Waals surface area (Å²) >= 11 is 5.51. The quantitative estimate of drug-likeness (QED) is 0.760. The van der Waals surface area contributed by atoms with Crippen LogP contribution in [0.15, 0.2) is 15.9 Å². The van der Waals surface area contributed by atoms with Gasteiger partial charge < -0.3 is 10.2 Å². The summed E-state index contributed by atoms with van der Waals surface area (Å²) in [5, 5.41) is 5.88. The van der Waals surface area contributed by atoms with E-state index in [0.29, 0.717) is 6.04 Å². The molecule has 1 rings (SSSR count). The van der Waals surface area contributed by atoms with Crippen molar-refractivity contribution in [2.75, 3.05) is 20.6 Å². The highest BCUT2D eigenvalue weighted by Crippen LogP contribution is 2.31. The number of nitrogens with one attached hydrogen (secondary N) is 1. The van der Waals surface area contributed by atoms with Crippen LogP contribution in [-0.4, -0.2) is 37.1 Å². The Morgan fingerprint density at radius 1 is 1.32 bits per heavy atom. The third kappa shape index (κ3) is 3.81. The molecular weight excluding hydrogens is 320 g/mol. The Hall–Kier alpha value is 0.1000. The van der Waals surface area contributed by atoms with Gasteiger partial charge in [-0.2, -0.15) is 0 Å². The average molecular weight is 347 g/mol. The first-order chi connectivity index (χ1) is 9.01. The van der Waals surface area contributed by atoms with Gasteiger partial charge in [0.15, 0.2) is 0 Å². The zero-order chi connectivity index (χ0) is 14.5. The molecule has 110 valence electrons. The van der Waals surface area contributed by atoms with Crippen LogP contribution in [0.2, 0.25) is 0 Å². The summed E-state index contributed by atoms with van der Waals surface area (Å²) in [4.78, 5) is 3.85. The summed E-state index contributed by atoms with van der Waals surface area (Å²) in [6.45, 7) is 7.82. The molecule has 0 saturated carbocycles. The van der Waals surface area contributed by atoms with Crippen molar-refractivity contribution in [1.82, 2.24) is 10.2 Å². The van der Waals surface area contributed by atoms with Crippen LogP contribution in [0.25, 0.3) is 0 Å². The number of rotatable bonds is 8. The van der Waals surface area contributed by atoms with E-state index in [4.69, 9.17) is 0 Å². The second-order valence-corrected chi connectivity index (χ2v) is 7.07. The van der Waals surface area contributed by atoms with Crippen LogP contribution in [0.3, 0.4) is 0 Å². The van der Waals surface area contributed by atoms with Crippen LogP contribution in [0.1, 0.15) is 38.5 Å². The van der Waals surface area contributed by atoms with E-state index < -0.39 is 0 Å². The Balaban J connectivity index is 3.00. The van der Waals surface area contributed by atoms with Gasteiger partial charge >= 0.3 is 0 Å². The SMILES string of the molecule is CCNC(Cc1sccc1Br)C(CC)(CC)N(C)C. The molecule has 0 bridgehead atoms. The maximum Gasteiger partial charge on any atom is 0.0354 e. The summed E-state index contributed by atoms with van der Waals surface area (Å²) in [5.41, 5.74) is 0.222. The first-order valence-corrected chi connectivity index (χ1v) is 8.81. The Kier molecular flexibility index (Phi) is 7.01. The smallest absolute Gasteiger partial charge is 0.0354 e. The number of likely N-dealkylation sites (N-methyl/N-ethyl adjacent to an activating group) is 2. The number of hydrogen-bond donors (Lipinski definition) is 1. The first-order valence-electron chi connectivity index (χ1n) is 7.14. The van der Waals surface area contributed by atoms with Crippen LogP contribution in [0, 0.1) is 0 Å². The maximum absolute atomic E-state index is 3.72. The lowest BCUT2D eigenvalue weighted by atomic mass is 9.81. The van der Waals surface area contributed by atoms with Gasteiger partial charge in [-0.25, -0.2) is 0 Å². The number of halogens is 1. The van der Waals surface area contributed by atoms with E-state index in [1.54, 1.807) is 0 Å². The third-order valence-corrected chi connectivity index (χ3v) is 6.24. The third-order valence-electron chi connectivity index (χ3n) is 4.29. The molecule has 0 spiro atoms. The van der Waals surface area contributed by atoms with Gasteiger partial charge in [-0.05, 0) is 60.9 Å². The molecular formula is C15H27BrN2S. The number of hydrogen-bond acceptors (Lipinski definition) is 3. The molecule has 0 amide bonds. The molecule has 1 N–H and O–H groups in total. The Morgan fingerprint density at radius 3 is 2.32 bits per heavy atom. The monoisotopic (exact) mass is 346 g/mol. The van der Waals surface area contributed by atoms with Crippen molar-refractivity contribution in [3.63, 3.8) is 0 Å². The van der Waals surface area contributed by atoms with E-state index in [1.165, 1.54) is 9.35 Å². The molecule has 0 aliphatic carbocycles. The molecule has 0 radical (unpaired) electrons. The van der Waals surface area contributed by atoms with Crippen molar-refractivity contribution >= 4 is 27.3 Å². The average Bonchev–Trinajstić information content (AvgIpc) is 2.77. The standard InChI is InChI=1S/C15H27BrN2S/c1-6-15(7-2,18(4)5)14(17-8-3)11-13-12(16)9-10-19-13/h9-10,14,17H,6-8,11H2,1-5H3. The molecule has 1 atom stereocenters. The van der Waals surface area contributed by atoms with Gasteiger partial charge in [0.2, 0.25) is 0 Å².